The van der Waals surface area contributed by atoms with Crippen molar-refractivity contribution in [2.24, 2.45) is 5.73 Å². The van der Waals surface area contributed by atoms with E-state index in [9.17, 15) is 14.0 Å². The van der Waals surface area contributed by atoms with Crippen molar-refractivity contribution in [2.45, 2.75) is 13.5 Å². The molecule has 2 aromatic rings. The minimum absolute atomic E-state index is 0.0449. The van der Waals surface area contributed by atoms with Gasteiger partial charge in [0.15, 0.2) is 0 Å². The van der Waals surface area contributed by atoms with Gasteiger partial charge in [-0.2, -0.15) is 0 Å². The van der Waals surface area contributed by atoms with Gasteiger partial charge in [-0.15, -0.1) is 0 Å². The summed E-state index contributed by atoms with van der Waals surface area (Å²) >= 11 is 0. The van der Waals surface area contributed by atoms with Crippen molar-refractivity contribution in [2.75, 3.05) is 7.11 Å². The number of carbonyl (C=O) groups is 2. The van der Waals surface area contributed by atoms with Crippen molar-refractivity contribution in [1.29, 1.82) is 0 Å². The Balaban J connectivity index is 2.43. The Labute approximate surface area is 120 Å². The number of amides is 1. The van der Waals surface area contributed by atoms with E-state index in [1.54, 1.807) is 6.92 Å². The van der Waals surface area contributed by atoms with Crippen molar-refractivity contribution in [1.82, 2.24) is 9.55 Å². The van der Waals surface area contributed by atoms with E-state index in [0.29, 0.717) is 5.82 Å². The molecule has 0 bridgehead atoms. The van der Waals surface area contributed by atoms with E-state index in [0.717, 1.165) is 0 Å². The van der Waals surface area contributed by atoms with Crippen LogP contribution in [0.5, 0.6) is 0 Å². The average molecular weight is 291 g/mol. The highest BCUT2D eigenvalue weighted by molar-refractivity contribution is 5.93. The number of halogens is 1. The van der Waals surface area contributed by atoms with Gasteiger partial charge in [0.1, 0.15) is 17.3 Å². The van der Waals surface area contributed by atoms with Crippen LogP contribution >= 0.6 is 0 Å². The lowest BCUT2D eigenvalue weighted by molar-refractivity contribution is 0.0588. The molecule has 21 heavy (non-hydrogen) atoms. The van der Waals surface area contributed by atoms with Gasteiger partial charge in [0.05, 0.1) is 19.9 Å². The SMILES string of the molecule is COC(=O)c1cnc(C)n1Cc1cc(C(N)=O)ccc1F. The van der Waals surface area contributed by atoms with E-state index < -0.39 is 17.7 Å². The van der Waals surface area contributed by atoms with Crippen LogP contribution < -0.4 is 5.73 Å². The van der Waals surface area contributed by atoms with Crippen LogP contribution in [0.2, 0.25) is 0 Å². The number of hydrogen-bond acceptors (Lipinski definition) is 4. The first kappa shape index (κ1) is 14.7. The van der Waals surface area contributed by atoms with Crippen LogP contribution in [0.15, 0.2) is 24.4 Å². The molecular weight excluding hydrogens is 277 g/mol. The molecule has 0 aliphatic carbocycles. The summed E-state index contributed by atoms with van der Waals surface area (Å²) in [7, 11) is 1.25. The maximum Gasteiger partial charge on any atom is 0.356 e. The molecule has 0 atom stereocenters. The molecule has 1 heterocycles. The molecule has 7 heteroatoms. The Bertz CT molecular complexity index is 709. The Morgan fingerprint density at radius 1 is 1.43 bits per heavy atom. The van der Waals surface area contributed by atoms with Gasteiger partial charge < -0.3 is 15.0 Å². The van der Waals surface area contributed by atoms with Crippen LogP contribution in [-0.2, 0) is 11.3 Å². The van der Waals surface area contributed by atoms with Crippen molar-refractivity contribution in [3.8, 4) is 0 Å². The second kappa shape index (κ2) is 5.74. The molecule has 1 amide bonds. The largest absolute Gasteiger partial charge is 0.464 e. The number of carbonyl (C=O) groups excluding carboxylic acids is 2. The zero-order valence-electron chi connectivity index (χ0n) is 11.6. The number of methoxy groups -OCH3 is 1. The van der Waals surface area contributed by atoms with Gasteiger partial charge in [-0.1, -0.05) is 0 Å². The number of hydrogen-bond donors (Lipinski definition) is 1. The predicted octanol–water partition coefficient (Wildman–Crippen LogP) is 1.26. The monoisotopic (exact) mass is 291 g/mol. The number of primary amides is 1. The van der Waals surface area contributed by atoms with E-state index in [-0.39, 0.29) is 23.4 Å². The molecular formula is C14H14FN3O3. The van der Waals surface area contributed by atoms with E-state index in [2.05, 4.69) is 9.72 Å². The van der Waals surface area contributed by atoms with Crippen LogP contribution in [0.4, 0.5) is 4.39 Å². The lowest BCUT2D eigenvalue weighted by Gasteiger charge is -2.10. The van der Waals surface area contributed by atoms with E-state index in [1.807, 2.05) is 0 Å². The van der Waals surface area contributed by atoms with Gasteiger partial charge in [-0.3, -0.25) is 4.79 Å². The highest BCUT2D eigenvalue weighted by Gasteiger charge is 2.17. The van der Waals surface area contributed by atoms with Crippen LogP contribution in [-0.4, -0.2) is 28.5 Å². The van der Waals surface area contributed by atoms with Gasteiger partial charge in [0.25, 0.3) is 0 Å². The number of nitrogens with zero attached hydrogens (tertiary/aromatic N) is 2. The number of imidazole rings is 1. The molecule has 2 N–H and O–H groups in total. The van der Waals surface area contributed by atoms with Gasteiger partial charge in [0.2, 0.25) is 5.91 Å². The van der Waals surface area contributed by atoms with Crippen LogP contribution in [0.3, 0.4) is 0 Å². The molecule has 110 valence electrons. The van der Waals surface area contributed by atoms with E-state index in [4.69, 9.17) is 5.73 Å². The van der Waals surface area contributed by atoms with E-state index in [1.165, 1.54) is 36.1 Å². The Hall–Kier alpha value is -2.70. The van der Waals surface area contributed by atoms with Crippen LogP contribution in [0.1, 0.15) is 32.2 Å². The smallest absolute Gasteiger partial charge is 0.356 e. The molecule has 0 aliphatic heterocycles. The molecule has 0 radical (unpaired) electrons. The summed E-state index contributed by atoms with van der Waals surface area (Å²) in [6, 6.07) is 3.83. The first-order valence-corrected chi connectivity index (χ1v) is 6.12. The maximum absolute atomic E-state index is 13.9. The van der Waals surface area contributed by atoms with Crippen molar-refractivity contribution >= 4 is 11.9 Å². The first-order valence-electron chi connectivity index (χ1n) is 6.12. The Kier molecular flexibility index (Phi) is 4.02. The summed E-state index contributed by atoms with van der Waals surface area (Å²) in [5.74, 6) is -1.18. The fourth-order valence-corrected chi connectivity index (χ4v) is 1.95. The molecule has 1 aromatic carbocycles. The molecule has 0 fully saturated rings. The zero-order chi connectivity index (χ0) is 15.6. The summed E-state index contributed by atoms with van der Waals surface area (Å²) in [6.07, 6.45) is 1.36. The highest BCUT2D eigenvalue weighted by Crippen LogP contribution is 2.15. The number of rotatable bonds is 4. The second-order valence-electron chi connectivity index (χ2n) is 4.44. The standard InChI is InChI=1S/C14H14FN3O3/c1-8-17-6-12(14(20)21-2)18(8)7-10-5-9(13(16)19)3-4-11(10)15/h3-6H,7H2,1-2H3,(H2,16,19). The van der Waals surface area contributed by atoms with Crippen molar-refractivity contribution < 1.29 is 18.7 Å². The summed E-state index contributed by atoms with van der Waals surface area (Å²) in [6.45, 7) is 1.73. The van der Waals surface area contributed by atoms with Gasteiger partial charge >= 0.3 is 5.97 Å². The fraction of sp³-hybridized carbons (Fsp3) is 0.214. The summed E-state index contributed by atoms with van der Waals surface area (Å²) < 4.78 is 20.0. The molecule has 1 aromatic heterocycles. The third-order valence-corrected chi connectivity index (χ3v) is 3.11. The average Bonchev–Trinajstić information content (AvgIpc) is 2.81. The topological polar surface area (TPSA) is 87.2 Å². The molecule has 6 nitrogen and oxygen atoms in total. The maximum atomic E-state index is 13.9. The number of ether oxygens (including phenoxy) is 1. The minimum atomic E-state index is -0.646. The first-order chi connectivity index (χ1) is 9.93. The van der Waals surface area contributed by atoms with E-state index >= 15 is 0 Å². The van der Waals surface area contributed by atoms with Gasteiger partial charge in [-0.05, 0) is 25.1 Å². The molecule has 2 rings (SSSR count). The van der Waals surface area contributed by atoms with Gasteiger partial charge in [0, 0.05) is 11.1 Å². The highest BCUT2D eigenvalue weighted by atomic mass is 19.1. The normalized spacial score (nSPS) is 10.4. The predicted molar refractivity (Wildman–Crippen MR) is 72.3 cm³/mol. The second-order valence-corrected chi connectivity index (χ2v) is 4.44. The Morgan fingerprint density at radius 3 is 2.76 bits per heavy atom. The third-order valence-electron chi connectivity index (χ3n) is 3.11. The number of aromatic nitrogens is 2. The number of nitrogens with two attached hydrogens (primary N) is 1. The zero-order valence-corrected chi connectivity index (χ0v) is 11.6. The summed E-state index contributed by atoms with van der Waals surface area (Å²) in [4.78, 5) is 26.8. The van der Waals surface area contributed by atoms with Crippen molar-refractivity contribution in [3.63, 3.8) is 0 Å². The van der Waals surface area contributed by atoms with Crippen LogP contribution in [0, 0.1) is 12.7 Å². The number of benzene rings is 1. The summed E-state index contributed by atoms with van der Waals surface area (Å²) in [5.41, 5.74) is 5.82. The van der Waals surface area contributed by atoms with Crippen LogP contribution in [0.25, 0.3) is 0 Å². The Morgan fingerprint density at radius 2 is 2.14 bits per heavy atom. The lowest BCUT2D eigenvalue weighted by Crippen LogP contribution is -2.15. The summed E-state index contributed by atoms with van der Waals surface area (Å²) in [5, 5.41) is 0. The molecule has 0 saturated heterocycles. The fourth-order valence-electron chi connectivity index (χ4n) is 1.95. The molecule has 0 unspecified atom stereocenters. The molecule has 0 aliphatic rings. The quantitative estimate of drug-likeness (QED) is 0.859. The third kappa shape index (κ3) is 2.91. The van der Waals surface area contributed by atoms with Crippen molar-refractivity contribution in [3.05, 3.63) is 52.9 Å². The molecule has 0 saturated carbocycles. The minimum Gasteiger partial charge on any atom is -0.464 e. The molecule has 0 spiro atoms. The lowest BCUT2D eigenvalue weighted by atomic mass is 10.1. The van der Waals surface area contributed by atoms with Gasteiger partial charge in [-0.25, -0.2) is 14.2 Å². The number of esters is 1. The number of aryl methyl sites for hydroxylation is 1.